The minimum Gasteiger partial charge on any atom is -0.300 e. The zero-order chi connectivity index (χ0) is 8.97. The molecule has 0 spiro atoms. The summed E-state index contributed by atoms with van der Waals surface area (Å²) in [4.78, 5) is 25.1. The molecule has 4 nitrogen and oxygen atoms in total. The van der Waals surface area contributed by atoms with Gasteiger partial charge in [0.15, 0.2) is 0 Å². The molecule has 1 rings (SSSR count). The predicted molar refractivity (Wildman–Crippen MR) is 43.8 cm³/mol. The number of hydrogen-bond acceptors (Lipinski definition) is 3. The smallest absolute Gasteiger partial charge is 0.300 e. The fourth-order valence-electron chi connectivity index (χ4n) is 0.835. The van der Waals surface area contributed by atoms with E-state index < -0.39 is 0 Å². The van der Waals surface area contributed by atoms with E-state index in [9.17, 15) is 9.59 Å². The minimum atomic E-state index is -0.307. The Labute approximate surface area is 69.9 Å². The molecule has 0 fully saturated rings. The number of rotatable bonds is 3. The van der Waals surface area contributed by atoms with Crippen LogP contribution in [-0.2, 0) is 11.3 Å². The highest BCUT2D eigenvalue weighted by Gasteiger charge is 1.96. The quantitative estimate of drug-likeness (QED) is 0.645. The third kappa shape index (κ3) is 2.30. The van der Waals surface area contributed by atoms with E-state index >= 15 is 0 Å². The van der Waals surface area contributed by atoms with Crippen molar-refractivity contribution in [1.29, 1.82) is 0 Å². The van der Waals surface area contributed by atoms with E-state index in [1.165, 1.54) is 17.7 Å². The molecule has 0 aliphatic carbocycles. The number of ketones is 1. The maximum absolute atomic E-state index is 11.0. The second kappa shape index (κ2) is 3.80. The molecule has 0 aliphatic heterocycles. The van der Waals surface area contributed by atoms with Gasteiger partial charge in [-0.3, -0.25) is 9.36 Å². The van der Waals surface area contributed by atoms with Gasteiger partial charge in [-0.25, -0.2) is 9.78 Å². The van der Waals surface area contributed by atoms with Crippen molar-refractivity contribution in [3.63, 3.8) is 0 Å². The highest BCUT2D eigenvalue weighted by molar-refractivity contribution is 5.75. The van der Waals surface area contributed by atoms with Crippen molar-refractivity contribution in [1.82, 2.24) is 9.55 Å². The summed E-state index contributed by atoms with van der Waals surface area (Å²) in [5.74, 6) is 0.0748. The summed E-state index contributed by atoms with van der Waals surface area (Å²) >= 11 is 0. The summed E-state index contributed by atoms with van der Waals surface area (Å²) in [5.41, 5.74) is -0.307. The van der Waals surface area contributed by atoms with Gasteiger partial charge in [0.2, 0.25) is 0 Å². The summed E-state index contributed by atoms with van der Waals surface area (Å²) < 4.78 is 1.42. The van der Waals surface area contributed by atoms with E-state index in [-0.39, 0.29) is 11.5 Å². The Hall–Kier alpha value is -1.45. The number of carbonyl (C=O) groups excluding carboxylic acids is 1. The van der Waals surface area contributed by atoms with E-state index in [4.69, 9.17) is 0 Å². The Bertz CT molecular complexity index is 330. The topological polar surface area (TPSA) is 52.0 Å². The monoisotopic (exact) mass is 166 g/mol. The predicted octanol–water partition coefficient (Wildman–Crippen LogP) is 0.222. The lowest BCUT2D eigenvalue weighted by atomic mass is 10.3. The van der Waals surface area contributed by atoms with Gasteiger partial charge < -0.3 is 0 Å². The van der Waals surface area contributed by atoms with Crippen LogP contribution in [0.1, 0.15) is 13.3 Å². The second-order valence-corrected chi connectivity index (χ2v) is 2.55. The molecular weight excluding hydrogens is 156 g/mol. The molecule has 64 valence electrons. The first kappa shape index (κ1) is 8.64. The number of hydrogen-bond donors (Lipinski definition) is 0. The van der Waals surface area contributed by atoms with Crippen LogP contribution in [0.25, 0.3) is 0 Å². The SMILES string of the molecule is CC(=O)CCn1cccnc1=O. The van der Waals surface area contributed by atoms with E-state index in [0.29, 0.717) is 13.0 Å². The Morgan fingerprint density at radius 2 is 2.42 bits per heavy atom. The van der Waals surface area contributed by atoms with Crippen molar-refractivity contribution in [2.45, 2.75) is 19.9 Å². The van der Waals surface area contributed by atoms with Crippen molar-refractivity contribution in [2.75, 3.05) is 0 Å². The average Bonchev–Trinajstić information content (AvgIpc) is 2.03. The maximum atomic E-state index is 11.0. The number of Topliss-reactive ketones (excluding diaryl/α,β-unsaturated/α-hetero) is 1. The standard InChI is InChI=1S/C8H10N2O2/c1-7(11)3-6-10-5-2-4-9-8(10)12/h2,4-5H,3,6H2,1H3. The van der Waals surface area contributed by atoms with E-state index in [1.807, 2.05) is 0 Å². The maximum Gasteiger partial charge on any atom is 0.347 e. The molecule has 0 radical (unpaired) electrons. The Balaban J connectivity index is 2.70. The molecule has 1 heterocycles. The average molecular weight is 166 g/mol. The summed E-state index contributed by atoms with van der Waals surface area (Å²) in [7, 11) is 0. The number of aromatic nitrogens is 2. The molecule has 12 heavy (non-hydrogen) atoms. The molecule has 1 aromatic rings. The van der Waals surface area contributed by atoms with Crippen LogP contribution < -0.4 is 5.69 Å². The van der Waals surface area contributed by atoms with Crippen molar-refractivity contribution >= 4 is 5.78 Å². The Morgan fingerprint density at radius 3 is 3.00 bits per heavy atom. The molecule has 0 saturated heterocycles. The van der Waals surface area contributed by atoms with E-state index in [1.54, 1.807) is 12.3 Å². The van der Waals surface area contributed by atoms with Crippen LogP contribution >= 0.6 is 0 Å². The third-order valence-corrected chi connectivity index (χ3v) is 1.49. The van der Waals surface area contributed by atoms with Crippen molar-refractivity contribution in [3.8, 4) is 0 Å². The summed E-state index contributed by atoms with van der Waals surface area (Å²) in [5, 5.41) is 0. The molecule has 0 aliphatic rings. The zero-order valence-corrected chi connectivity index (χ0v) is 6.86. The van der Waals surface area contributed by atoms with Gasteiger partial charge in [0.05, 0.1) is 0 Å². The lowest BCUT2D eigenvalue weighted by Crippen LogP contribution is -2.22. The van der Waals surface area contributed by atoms with Gasteiger partial charge in [-0.1, -0.05) is 0 Å². The summed E-state index contributed by atoms with van der Waals surface area (Å²) in [6.45, 7) is 1.92. The molecule has 0 bridgehead atoms. The number of aryl methyl sites for hydroxylation is 1. The lowest BCUT2D eigenvalue weighted by molar-refractivity contribution is -0.117. The van der Waals surface area contributed by atoms with Crippen molar-refractivity contribution < 1.29 is 4.79 Å². The van der Waals surface area contributed by atoms with Gasteiger partial charge in [0.25, 0.3) is 0 Å². The highest BCUT2D eigenvalue weighted by atomic mass is 16.1. The molecule has 0 aromatic carbocycles. The highest BCUT2D eigenvalue weighted by Crippen LogP contribution is 1.86. The first-order chi connectivity index (χ1) is 5.70. The molecule has 0 saturated carbocycles. The minimum absolute atomic E-state index is 0.0748. The molecule has 1 aromatic heterocycles. The number of nitrogens with zero attached hydrogens (tertiary/aromatic N) is 2. The fraction of sp³-hybridized carbons (Fsp3) is 0.375. The van der Waals surface area contributed by atoms with Gasteiger partial charge in [0, 0.05) is 25.4 Å². The van der Waals surface area contributed by atoms with E-state index in [0.717, 1.165) is 0 Å². The van der Waals surface area contributed by atoms with Crippen LogP contribution in [0.3, 0.4) is 0 Å². The fourth-order valence-corrected chi connectivity index (χ4v) is 0.835. The van der Waals surface area contributed by atoms with Gasteiger partial charge in [-0.2, -0.15) is 0 Å². The zero-order valence-electron chi connectivity index (χ0n) is 6.86. The van der Waals surface area contributed by atoms with Crippen LogP contribution in [0.2, 0.25) is 0 Å². The van der Waals surface area contributed by atoms with Gasteiger partial charge >= 0.3 is 5.69 Å². The van der Waals surface area contributed by atoms with Crippen LogP contribution in [0.4, 0.5) is 0 Å². The van der Waals surface area contributed by atoms with Gasteiger partial charge in [-0.15, -0.1) is 0 Å². The number of carbonyl (C=O) groups is 1. The van der Waals surface area contributed by atoms with Crippen LogP contribution in [0, 0.1) is 0 Å². The van der Waals surface area contributed by atoms with Crippen molar-refractivity contribution in [2.24, 2.45) is 0 Å². The summed E-state index contributed by atoms with van der Waals surface area (Å²) in [6.07, 6.45) is 3.44. The summed E-state index contributed by atoms with van der Waals surface area (Å²) in [6, 6.07) is 1.67. The Morgan fingerprint density at radius 1 is 1.67 bits per heavy atom. The molecular formula is C8H10N2O2. The van der Waals surface area contributed by atoms with E-state index in [2.05, 4.69) is 4.98 Å². The van der Waals surface area contributed by atoms with Crippen LogP contribution in [0.15, 0.2) is 23.3 Å². The van der Waals surface area contributed by atoms with Crippen LogP contribution in [-0.4, -0.2) is 15.3 Å². The molecule has 0 unspecified atom stereocenters. The molecule has 0 N–H and O–H groups in total. The second-order valence-electron chi connectivity index (χ2n) is 2.55. The first-order valence-electron chi connectivity index (χ1n) is 3.71. The lowest BCUT2D eigenvalue weighted by Gasteiger charge is -2.00. The van der Waals surface area contributed by atoms with Crippen LogP contribution in [0.5, 0.6) is 0 Å². The normalized spacial score (nSPS) is 9.75. The molecule has 0 atom stereocenters. The largest absolute Gasteiger partial charge is 0.347 e. The first-order valence-corrected chi connectivity index (χ1v) is 3.71. The van der Waals surface area contributed by atoms with Gasteiger partial charge in [-0.05, 0) is 13.0 Å². The molecule has 4 heteroatoms. The molecule has 0 amide bonds. The Kier molecular flexibility index (Phi) is 2.74. The third-order valence-electron chi connectivity index (χ3n) is 1.49. The van der Waals surface area contributed by atoms with Crippen molar-refractivity contribution in [3.05, 3.63) is 28.9 Å². The van der Waals surface area contributed by atoms with Gasteiger partial charge in [0.1, 0.15) is 5.78 Å².